The highest BCUT2D eigenvalue weighted by molar-refractivity contribution is 5.77. The van der Waals surface area contributed by atoms with Crippen LogP contribution in [0.2, 0.25) is 0 Å². The van der Waals surface area contributed by atoms with Gasteiger partial charge in [-0.15, -0.1) is 0 Å². The Morgan fingerprint density at radius 2 is 2.14 bits per heavy atom. The Balaban J connectivity index is 1.40. The van der Waals surface area contributed by atoms with Gasteiger partial charge in [-0.2, -0.15) is 5.10 Å². The van der Waals surface area contributed by atoms with Crippen LogP contribution >= 0.6 is 0 Å². The van der Waals surface area contributed by atoms with E-state index in [1.165, 1.54) is 18.4 Å². The summed E-state index contributed by atoms with van der Waals surface area (Å²) in [5, 5.41) is 11.2. The zero-order valence-corrected chi connectivity index (χ0v) is 16.6. The molecule has 2 aromatic rings. The van der Waals surface area contributed by atoms with Crippen molar-refractivity contribution in [3.8, 4) is 5.75 Å². The smallest absolute Gasteiger partial charge is 0.220 e. The first-order valence-electron chi connectivity index (χ1n) is 10.5. The highest BCUT2D eigenvalue weighted by Gasteiger charge is 2.30. The Kier molecular flexibility index (Phi) is 5.95. The van der Waals surface area contributed by atoms with Gasteiger partial charge in [0.15, 0.2) is 0 Å². The number of aryl methyl sites for hydroxylation is 1. The number of nitrogens with zero attached hydrogens (tertiary/aromatic N) is 2. The van der Waals surface area contributed by atoms with E-state index >= 15 is 0 Å². The Bertz CT molecular complexity index is 797. The summed E-state index contributed by atoms with van der Waals surface area (Å²) in [7, 11) is 0. The fourth-order valence-corrected chi connectivity index (χ4v) is 4.22. The molecule has 0 spiro atoms. The van der Waals surface area contributed by atoms with Crippen molar-refractivity contribution in [1.82, 2.24) is 20.4 Å². The number of carbonyl (C=O) groups excluding carboxylic acids is 1. The lowest BCUT2D eigenvalue weighted by molar-refractivity contribution is -0.123. The molecular weight excluding hydrogens is 352 g/mol. The van der Waals surface area contributed by atoms with Crippen LogP contribution in [-0.4, -0.2) is 27.8 Å². The summed E-state index contributed by atoms with van der Waals surface area (Å²) in [6, 6.07) is 8.51. The van der Waals surface area contributed by atoms with Crippen LogP contribution in [0.25, 0.3) is 0 Å². The van der Waals surface area contributed by atoms with Crippen molar-refractivity contribution in [3.05, 3.63) is 47.8 Å². The van der Waals surface area contributed by atoms with Gasteiger partial charge in [0.1, 0.15) is 5.75 Å². The van der Waals surface area contributed by atoms with E-state index in [-0.39, 0.29) is 18.0 Å². The molecule has 0 bridgehead atoms. The van der Waals surface area contributed by atoms with Gasteiger partial charge >= 0.3 is 0 Å². The van der Waals surface area contributed by atoms with Gasteiger partial charge in [0.25, 0.3) is 0 Å². The molecule has 2 heterocycles. The molecule has 28 heavy (non-hydrogen) atoms. The number of hydrogen-bond donors (Lipinski definition) is 2. The first-order valence-corrected chi connectivity index (χ1v) is 10.5. The van der Waals surface area contributed by atoms with E-state index in [0.29, 0.717) is 12.5 Å². The maximum absolute atomic E-state index is 12.0. The van der Waals surface area contributed by atoms with Crippen molar-refractivity contribution in [2.75, 3.05) is 0 Å². The van der Waals surface area contributed by atoms with Gasteiger partial charge in [0.2, 0.25) is 5.91 Å². The van der Waals surface area contributed by atoms with Crippen LogP contribution in [0.15, 0.2) is 36.7 Å². The van der Waals surface area contributed by atoms with Crippen molar-refractivity contribution in [3.63, 3.8) is 0 Å². The van der Waals surface area contributed by atoms with E-state index in [0.717, 1.165) is 43.7 Å². The molecule has 1 saturated carbocycles. The van der Waals surface area contributed by atoms with Crippen molar-refractivity contribution < 1.29 is 9.53 Å². The lowest BCUT2D eigenvalue weighted by atomic mass is 9.93. The molecule has 4 rings (SSSR count). The second-order valence-electron chi connectivity index (χ2n) is 7.87. The van der Waals surface area contributed by atoms with E-state index < -0.39 is 0 Å². The van der Waals surface area contributed by atoms with Crippen LogP contribution in [0.4, 0.5) is 0 Å². The average Bonchev–Trinajstić information content (AvgIpc) is 3.39. The molecule has 6 heteroatoms. The lowest BCUT2D eigenvalue weighted by Gasteiger charge is -2.32. The molecule has 2 atom stereocenters. The van der Waals surface area contributed by atoms with E-state index in [1.807, 2.05) is 23.1 Å². The topological polar surface area (TPSA) is 68.2 Å². The summed E-state index contributed by atoms with van der Waals surface area (Å²) in [5.41, 5.74) is 2.26. The van der Waals surface area contributed by atoms with Gasteiger partial charge in [0, 0.05) is 37.3 Å². The number of nitrogens with one attached hydrogen (secondary N) is 2. The maximum Gasteiger partial charge on any atom is 0.220 e. The van der Waals surface area contributed by atoms with Gasteiger partial charge in [-0.3, -0.25) is 9.48 Å². The van der Waals surface area contributed by atoms with E-state index in [4.69, 9.17) is 4.74 Å². The van der Waals surface area contributed by atoms with Crippen molar-refractivity contribution in [1.29, 1.82) is 0 Å². The molecule has 0 radical (unpaired) electrons. The second-order valence-corrected chi connectivity index (χ2v) is 7.87. The molecule has 1 aromatic carbocycles. The van der Waals surface area contributed by atoms with Crippen LogP contribution in [0.5, 0.6) is 5.75 Å². The monoisotopic (exact) mass is 382 g/mol. The summed E-state index contributed by atoms with van der Waals surface area (Å²) in [6.07, 6.45) is 10.5. The number of rotatable bonds is 7. The number of carbonyl (C=O) groups is 1. The Morgan fingerprint density at radius 3 is 2.93 bits per heavy atom. The molecule has 1 amide bonds. The molecule has 6 nitrogen and oxygen atoms in total. The van der Waals surface area contributed by atoms with Crippen LogP contribution in [0.1, 0.15) is 62.6 Å². The molecular formula is C22H30N4O2. The lowest BCUT2D eigenvalue weighted by Crippen LogP contribution is -2.48. The summed E-state index contributed by atoms with van der Waals surface area (Å²) in [5.74, 6) is 1.07. The Labute approximate surface area is 166 Å². The summed E-state index contributed by atoms with van der Waals surface area (Å²) in [4.78, 5) is 12.0. The van der Waals surface area contributed by atoms with Crippen LogP contribution < -0.4 is 15.4 Å². The standard InChI is InChI=1S/C22H30N4O2/c1-2-26-15-17(14-24-26)22-20(10-11-21(27)25-22)23-13-16-6-5-9-19(12-16)28-18-7-3-4-8-18/h5-6,9,12,14-15,18,20,22-23H,2-4,7-8,10-11,13H2,1H3,(H,25,27)/t20-,22+/m1/s1. The summed E-state index contributed by atoms with van der Waals surface area (Å²) < 4.78 is 8.03. The van der Waals surface area contributed by atoms with Crippen LogP contribution in [-0.2, 0) is 17.9 Å². The van der Waals surface area contributed by atoms with E-state index in [9.17, 15) is 4.79 Å². The molecule has 2 aliphatic rings. The molecule has 150 valence electrons. The molecule has 1 aliphatic heterocycles. The Morgan fingerprint density at radius 1 is 1.29 bits per heavy atom. The zero-order chi connectivity index (χ0) is 19.3. The third kappa shape index (κ3) is 4.55. The largest absolute Gasteiger partial charge is 0.490 e. The Hall–Kier alpha value is -2.34. The number of hydrogen-bond acceptors (Lipinski definition) is 4. The fraction of sp³-hybridized carbons (Fsp3) is 0.545. The predicted octanol–water partition coefficient (Wildman–Crippen LogP) is 3.33. The SMILES string of the molecule is CCn1cc([C@@H]2NC(=O)CC[C@H]2NCc2cccc(OC3CCCC3)c2)cn1. The van der Waals surface area contributed by atoms with Crippen molar-refractivity contribution in [2.24, 2.45) is 0 Å². The van der Waals surface area contributed by atoms with Crippen molar-refractivity contribution in [2.45, 2.75) is 76.7 Å². The van der Waals surface area contributed by atoms with Gasteiger partial charge < -0.3 is 15.4 Å². The van der Waals surface area contributed by atoms with Crippen molar-refractivity contribution >= 4 is 5.91 Å². The van der Waals surface area contributed by atoms with Gasteiger partial charge in [-0.25, -0.2) is 0 Å². The molecule has 2 N–H and O–H groups in total. The molecule has 0 unspecified atom stereocenters. The quantitative estimate of drug-likeness (QED) is 0.771. The normalized spacial score (nSPS) is 23.0. The van der Waals surface area contributed by atoms with E-state index in [2.05, 4.69) is 40.9 Å². The minimum Gasteiger partial charge on any atom is -0.490 e. The molecule has 1 aliphatic carbocycles. The van der Waals surface area contributed by atoms with Gasteiger partial charge in [-0.1, -0.05) is 12.1 Å². The average molecular weight is 383 g/mol. The molecule has 1 aromatic heterocycles. The number of benzene rings is 1. The highest BCUT2D eigenvalue weighted by atomic mass is 16.5. The summed E-state index contributed by atoms with van der Waals surface area (Å²) in [6.45, 7) is 3.64. The van der Waals surface area contributed by atoms with Crippen LogP contribution in [0, 0.1) is 0 Å². The van der Waals surface area contributed by atoms with E-state index in [1.54, 1.807) is 0 Å². The van der Waals surface area contributed by atoms with Crippen LogP contribution in [0.3, 0.4) is 0 Å². The first kappa shape index (κ1) is 19.0. The highest BCUT2D eigenvalue weighted by Crippen LogP contribution is 2.26. The number of amides is 1. The van der Waals surface area contributed by atoms with Gasteiger partial charge in [0.05, 0.1) is 18.3 Å². The first-order chi connectivity index (χ1) is 13.7. The number of piperidine rings is 1. The third-order valence-electron chi connectivity index (χ3n) is 5.81. The molecule has 2 fully saturated rings. The minimum atomic E-state index is -0.0422. The number of ether oxygens (including phenoxy) is 1. The predicted molar refractivity (Wildman–Crippen MR) is 108 cm³/mol. The van der Waals surface area contributed by atoms with Gasteiger partial charge in [-0.05, 0) is 56.7 Å². The summed E-state index contributed by atoms with van der Waals surface area (Å²) >= 11 is 0. The zero-order valence-electron chi connectivity index (χ0n) is 16.6. The minimum absolute atomic E-state index is 0.0422. The fourth-order valence-electron chi connectivity index (χ4n) is 4.22. The number of aromatic nitrogens is 2. The maximum atomic E-state index is 12.0. The second kappa shape index (κ2) is 8.78. The third-order valence-corrected chi connectivity index (χ3v) is 5.81. The molecule has 1 saturated heterocycles.